The van der Waals surface area contributed by atoms with Crippen LogP contribution in [0.4, 0.5) is 17.1 Å². The number of furan rings is 2. The van der Waals surface area contributed by atoms with Crippen LogP contribution < -0.4 is 4.90 Å². The van der Waals surface area contributed by atoms with E-state index >= 15 is 0 Å². The molecular formula is C62H39NO2. The summed E-state index contributed by atoms with van der Waals surface area (Å²) in [4.78, 5) is 2.38. The second-order valence-electron chi connectivity index (χ2n) is 16.8. The summed E-state index contributed by atoms with van der Waals surface area (Å²) in [5, 5.41) is 8.92. The van der Waals surface area contributed by atoms with Crippen LogP contribution in [-0.4, -0.2) is 0 Å². The quantitative estimate of drug-likeness (QED) is 0.160. The van der Waals surface area contributed by atoms with Crippen molar-refractivity contribution in [3.05, 3.63) is 237 Å². The molecule has 13 aromatic rings. The predicted octanol–water partition coefficient (Wildman–Crippen LogP) is 17.9. The molecule has 0 fully saturated rings. The molecule has 0 bridgehead atoms. The maximum absolute atomic E-state index is 6.76. The molecule has 0 aliphatic heterocycles. The van der Waals surface area contributed by atoms with Gasteiger partial charge in [0.1, 0.15) is 22.3 Å². The molecular weight excluding hydrogens is 791 g/mol. The number of hydrogen-bond donors (Lipinski definition) is 0. The van der Waals surface area contributed by atoms with E-state index in [-0.39, 0.29) is 0 Å². The average Bonchev–Trinajstić information content (AvgIpc) is 3.97. The molecule has 0 aliphatic carbocycles. The predicted molar refractivity (Wildman–Crippen MR) is 272 cm³/mol. The van der Waals surface area contributed by atoms with Crippen LogP contribution in [-0.2, 0) is 0 Å². The van der Waals surface area contributed by atoms with Crippen LogP contribution in [0.25, 0.3) is 110 Å². The summed E-state index contributed by atoms with van der Waals surface area (Å²) < 4.78 is 13.4. The van der Waals surface area contributed by atoms with E-state index in [9.17, 15) is 0 Å². The highest BCUT2D eigenvalue weighted by Gasteiger charge is 2.22. The molecule has 11 aromatic carbocycles. The molecule has 3 heteroatoms. The third-order valence-electron chi connectivity index (χ3n) is 13.1. The standard InChI is InChI=1S/C62H39NO2/c1-3-14-41(15-4-1)49-35-32-45(39-55(49)42-16-5-2-6-17-42)40-28-33-47(34-29-40)63(56-25-13-27-58-60(56)54-37-31-44-19-8-10-23-52(44)62(54)65-58)48-21-11-20-46(38-48)50-24-12-26-57-59(50)53-36-30-43-18-7-9-22-51(43)61(53)64-57/h1-39H. The van der Waals surface area contributed by atoms with Crippen LogP contribution in [0.3, 0.4) is 0 Å². The second kappa shape index (κ2) is 15.0. The molecule has 3 nitrogen and oxygen atoms in total. The topological polar surface area (TPSA) is 29.5 Å². The van der Waals surface area contributed by atoms with Crippen LogP contribution in [0.5, 0.6) is 0 Å². The minimum Gasteiger partial charge on any atom is -0.455 e. The van der Waals surface area contributed by atoms with Gasteiger partial charge >= 0.3 is 0 Å². The summed E-state index contributed by atoms with van der Waals surface area (Å²) in [5.41, 5.74) is 16.0. The highest BCUT2D eigenvalue weighted by molar-refractivity contribution is 6.21. The number of rotatable bonds is 7. The molecule has 0 saturated carbocycles. The number of hydrogen-bond acceptors (Lipinski definition) is 3. The van der Waals surface area contributed by atoms with Crippen molar-refractivity contribution < 1.29 is 8.83 Å². The lowest BCUT2D eigenvalue weighted by Crippen LogP contribution is -2.10. The van der Waals surface area contributed by atoms with E-state index in [1.165, 1.54) is 27.6 Å². The molecule has 0 N–H and O–H groups in total. The number of fused-ring (bicyclic) bond motifs is 10. The van der Waals surface area contributed by atoms with Gasteiger partial charge in [0.25, 0.3) is 0 Å². The first-order valence-corrected chi connectivity index (χ1v) is 22.2. The molecule has 0 spiro atoms. The van der Waals surface area contributed by atoms with Gasteiger partial charge in [0, 0.05) is 38.3 Å². The molecule has 0 unspecified atom stereocenters. The lowest BCUT2D eigenvalue weighted by molar-refractivity contribution is 0.672. The molecule has 0 amide bonds. The van der Waals surface area contributed by atoms with Crippen molar-refractivity contribution >= 4 is 82.5 Å². The van der Waals surface area contributed by atoms with Crippen LogP contribution in [0, 0.1) is 0 Å². The van der Waals surface area contributed by atoms with Crippen LogP contribution in [0.1, 0.15) is 0 Å². The average molecular weight is 830 g/mol. The van der Waals surface area contributed by atoms with Gasteiger partial charge in [0.15, 0.2) is 0 Å². The van der Waals surface area contributed by atoms with Crippen LogP contribution >= 0.6 is 0 Å². The van der Waals surface area contributed by atoms with Crippen molar-refractivity contribution in [3.8, 4) is 44.5 Å². The maximum Gasteiger partial charge on any atom is 0.143 e. The zero-order valence-corrected chi connectivity index (χ0v) is 35.3. The maximum atomic E-state index is 6.76. The van der Waals surface area contributed by atoms with Crippen molar-refractivity contribution in [2.45, 2.75) is 0 Å². The first-order chi connectivity index (χ1) is 32.2. The minimum atomic E-state index is 0.848. The van der Waals surface area contributed by atoms with Crippen molar-refractivity contribution in [2.75, 3.05) is 4.90 Å². The van der Waals surface area contributed by atoms with Crippen molar-refractivity contribution in [1.29, 1.82) is 0 Å². The van der Waals surface area contributed by atoms with Gasteiger partial charge < -0.3 is 13.7 Å². The van der Waals surface area contributed by atoms with Crippen LogP contribution in [0.15, 0.2) is 245 Å². The molecule has 65 heavy (non-hydrogen) atoms. The Labute approximate surface area is 375 Å². The Bertz CT molecular complexity index is 3940. The molecule has 0 atom stereocenters. The Balaban J connectivity index is 0.989. The van der Waals surface area contributed by atoms with E-state index in [0.29, 0.717) is 0 Å². The highest BCUT2D eigenvalue weighted by atomic mass is 16.3. The van der Waals surface area contributed by atoms with Crippen LogP contribution in [0.2, 0.25) is 0 Å². The van der Waals surface area contributed by atoms with Gasteiger partial charge in [0.2, 0.25) is 0 Å². The van der Waals surface area contributed by atoms with Gasteiger partial charge in [-0.1, -0.05) is 176 Å². The normalized spacial score (nSPS) is 11.7. The number of anilines is 3. The van der Waals surface area contributed by atoms with E-state index in [1.54, 1.807) is 0 Å². The van der Waals surface area contributed by atoms with Gasteiger partial charge in [-0.2, -0.15) is 0 Å². The Hall–Kier alpha value is -8.66. The fraction of sp³-hybridized carbons (Fsp3) is 0. The molecule has 0 aliphatic rings. The minimum absolute atomic E-state index is 0.848. The van der Waals surface area contributed by atoms with Gasteiger partial charge in [-0.25, -0.2) is 0 Å². The lowest BCUT2D eigenvalue weighted by Gasteiger charge is -2.27. The fourth-order valence-corrected chi connectivity index (χ4v) is 10.0. The monoisotopic (exact) mass is 829 g/mol. The summed E-state index contributed by atoms with van der Waals surface area (Å²) in [6.07, 6.45) is 0. The second-order valence-corrected chi connectivity index (χ2v) is 16.8. The largest absolute Gasteiger partial charge is 0.455 e. The highest BCUT2D eigenvalue weighted by Crippen LogP contribution is 2.47. The van der Waals surface area contributed by atoms with Crippen molar-refractivity contribution in [1.82, 2.24) is 0 Å². The van der Waals surface area contributed by atoms with E-state index in [4.69, 9.17) is 8.83 Å². The number of benzene rings is 11. The van der Waals surface area contributed by atoms with Gasteiger partial charge in [-0.05, 0) is 116 Å². The summed E-state index contributed by atoms with van der Waals surface area (Å²) >= 11 is 0. The Morgan fingerprint density at radius 2 is 0.831 bits per heavy atom. The van der Waals surface area contributed by atoms with Gasteiger partial charge in [-0.15, -0.1) is 0 Å². The smallest absolute Gasteiger partial charge is 0.143 e. The first kappa shape index (κ1) is 36.9. The summed E-state index contributed by atoms with van der Waals surface area (Å²) in [6, 6.07) is 84.6. The van der Waals surface area contributed by atoms with E-state index < -0.39 is 0 Å². The first-order valence-electron chi connectivity index (χ1n) is 22.2. The zero-order valence-electron chi connectivity index (χ0n) is 35.3. The van der Waals surface area contributed by atoms with Crippen molar-refractivity contribution in [2.24, 2.45) is 0 Å². The summed E-state index contributed by atoms with van der Waals surface area (Å²) in [7, 11) is 0. The van der Waals surface area contributed by atoms with E-state index in [0.717, 1.165) is 99.4 Å². The Morgan fingerprint density at radius 1 is 0.277 bits per heavy atom. The fourth-order valence-electron chi connectivity index (χ4n) is 10.0. The summed E-state index contributed by atoms with van der Waals surface area (Å²) in [5.74, 6) is 0. The third-order valence-corrected chi connectivity index (χ3v) is 13.1. The molecule has 2 heterocycles. The lowest BCUT2D eigenvalue weighted by atomic mass is 9.91. The molecule has 13 rings (SSSR count). The Kier molecular flexibility index (Phi) is 8.53. The van der Waals surface area contributed by atoms with Crippen molar-refractivity contribution in [3.63, 3.8) is 0 Å². The molecule has 0 saturated heterocycles. The SMILES string of the molecule is c1ccc(-c2ccc(-c3ccc(N(c4cccc(-c5cccc6oc7c8ccccc8ccc7c56)c4)c4cccc5oc6c7ccccc7ccc6c45)cc3)cc2-c2ccccc2)cc1. The zero-order chi connectivity index (χ0) is 42.8. The van der Waals surface area contributed by atoms with Gasteiger partial charge in [0.05, 0.1) is 11.1 Å². The van der Waals surface area contributed by atoms with E-state index in [2.05, 4.69) is 241 Å². The Morgan fingerprint density at radius 3 is 1.52 bits per heavy atom. The van der Waals surface area contributed by atoms with E-state index in [1.807, 2.05) is 0 Å². The molecule has 304 valence electrons. The molecule has 0 radical (unpaired) electrons. The molecule has 2 aromatic heterocycles. The summed E-state index contributed by atoms with van der Waals surface area (Å²) in [6.45, 7) is 0. The third kappa shape index (κ3) is 6.12. The van der Waals surface area contributed by atoms with Gasteiger partial charge in [-0.3, -0.25) is 0 Å². The number of nitrogens with zero attached hydrogens (tertiary/aromatic N) is 1.